The van der Waals surface area contributed by atoms with E-state index in [1.807, 2.05) is 6.92 Å². The molecule has 2 rings (SSSR count). The zero-order valence-electron chi connectivity index (χ0n) is 8.45. The van der Waals surface area contributed by atoms with Crippen molar-refractivity contribution in [2.75, 3.05) is 0 Å². The Balaban J connectivity index is 2.24. The van der Waals surface area contributed by atoms with Crippen molar-refractivity contribution in [1.82, 2.24) is 10.2 Å². The molecule has 1 aromatic heterocycles. The molecule has 0 unspecified atom stereocenters. The molecule has 0 N–H and O–H groups in total. The van der Waals surface area contributed by atoms with Gasteiger partial charge in [0, 0.05) is 12.1 Å². The van der Waals surface area contributed by atoms with E-state index in [1.54, 1.807) is 24.4 Å². The van der Waals surface area contributed by atoms with Gasteiger partial charge in [0.25, 0.3) is 0 Å². The van der Waals surface area contributed by atoms with Crippen LogP contribution in [0.15, 0.2) is 34.9 Å². The van der Waals surface area contributed by atoms with Crippen molar-refractivity contribution in [3.63, 3.8) is 0 Å². The molecule has 2 aromatic rings. The minimum absolute atomic E-state index is 0.349. The smallest absolute Gasteiger partial charge is 0.239 e. The van der Waals surface area contributed by atoms with Crippen LogP contribution in [0.25, 0.3) is 0 Å². The number of halogens is 2. The van der Waals surface area contributed by atoms with Crippen molar-refractivity contribution in [3.05, 3.63) is 46.3 Å². The number of rotatable bonds is 2. The zero-order valence-corrected chi connectivity index (χ0v) is 10.0. The quantitative estimate of drug-likeness (QED) is 0.846. The fraction of sp³-hybridized carbons (Fsp3) is 0.0909. The second-order valence-corrected chi connectivity index (χ2v) is 4.10. The molecule has 0 atom stereocenters. The van der Waals surface area contributed by atoms with E-state index in [9.17, 15) is 4.39 Å². The highest BCUT2D eigenvalue weighted by atomic mass is 79.9. The van der Waals surface area contributed by atoms with Crippen LogP contribution in [0, 0.1) is 12.7 Å². The molecular weight excluding hydrogens is 275 g/mol. The molecule has 0 radical (unpaired) electrons. The molecule has 0 amide bonds. The number of ether oxygens (including phenoxy) is 1. The van der Waals surface area contributed by atoms with Crippen LogP contribution in [0.1, 0.15) is 5.56 Å². The predicted octanol–water partition coefficient (Wildman–Crippen LogP) is 3.48. The molecule has 5 heteroatoms. The average molecular weight is 283 g/mol. The topological polar surface area (TPSA) is 35.0 Å². The van der Waals surface area contributed by atoms with E-state index in [0.717, 1.165) is 5.56 Å². The van der Waals surface area contributed by atoms with E-state index in [2.05, 4.69) is 26.1 Å². The molecular formula is C11H8BrFN2O. The van der Waals surface area contributed by atoms with Gasteiger partial charge in [0.2, 0.25) is 5.88 Å². The third kappa shape index (κ3) is 2.55. The van der Waals surface area contributed by atoms with Gasteiger partial charge in [-0.3, -0.25) is 0 Å². The molecule has 82 valence electrons. The van der Waals surface area contributed by atoms with E-state index in [1.165, 1.54) is 6.07 Å². The van der Waals surface area contributed by atoms with E-state index < -0.39 is 0 Å². The summed E-state index contributed by atoms with van der Waals surface area (Å²) in [6.07, 6.45) is 1.62. The van der Waals surface area contributed by atoms with Gasteiger partial charge in [-0.25, -0.2) is 4.39 Å². The fourth-order valence-corrected chi connectivity index (χ4v) is 1.40. The Morgan fingerprint density at radius 2 is 2.12 bits per heavy atom. The number of hydrogen-bond acceptors (Lipinski definition) is 3. The van der Waals surface area contributed by atoms with Gasteiger partial charge < -0.3 is 4.74 Å². The lowest BCUT2D eigenvalue weighted by Crippen LogP contribution is -1.91. The van der Waals surface area contributed by atoms with Crippen molar-refractivity contribution >= 4 is 15.9 Å². The Morgan fingerprint density at radius 3 is 2.81 bits per heavy atom. The monoisotopic (exact) mass is 282 g/mol. The first-order valence-electron chi connectivity index (χ1n) is 4.57. The summed E-state index contributed by atoms with van der Waals surface area (Å²) in [5, 5.41) is 7.52. The van der Waals surface area contributed by atoms with Crippen LogP contribution in [0.3, 0.4) is 0 Å². The molecule has 1 aromatic carbocycles. The Bertz CT molecular complexity index is 519. The molecule has 1 heterocycles. The Hall–Kier alpha value is -1.49. The second kappa shape index (κ2) is 4.57. The summed E-state index contributed by atoms with van der Waals surface area (Å²) < 4.78 is 19.0. The van der Waals surface area contributed by atoms with Crippen LogP contribution >= 0.6 is 15.9 Å². The highest BCUT2D eigenvalue weighted by Crippen LogP contribution is 2.24. The van der Waals surface area contributed by atoms with Crippen molar-refractivity contribution in [2.24, 2.45) is 0 Å². The number of benzene rings is 1. The zero-order chi connectivity index (χ0) is 11.5. The minimum Gasteiger partial charge on any atom is -0.437 e. The molecule has 0 bridgehead atoms. The summed E-state index contributed by atoms with van der Waals surface area (Å²) in [5.74, 6) is 0.362. The van der Waals surface area contributed by atoms with Crippen LogP contribution in [0.5, 0.6) is 11.6 Å². The molecule has 0 spiro atoms. The van der Waals surface area contributed by atoms with E-state index >= 15 is 0 Å². The maximum Gasteiger partial charge on any atom is 0.239 e. The highest BCUT2D eigenvalue weighted by molar-refractivity contribution is 9.10. The number of hydrogen-bond donors (Lipinski definition) is 0. The third-order valence-electron chi connectivity index (χ3n) is 1.88. The van der Waals surface area contributed by atoms with Crippen LogP contribution in [0.2, 0.25) is 0 Å². The van der Waals surface area contributed by atoms with Crippen LogP contribution in [-0.4, -0.2) is 10.2 Å². The summed E-state index contributed by atoms with van der Waals surface area (Å²) in [7, 11) is 0. The third-order valence-corrected chi connectivity index (χ3v) is 2.53. The van der Waals surface area contributed by atoms with Crippen molar-refractivity contribution in [3.8, 4) is 11.6 Å². The van der Waals surface area contributed by atoms with Gasteiger partial charge in [0.05, 0.1) is 10.7 Å². The van der Waals surface area contributed by atoms with Gasteiger partial charge in [-0.05, 0) is 40.5 Å². The lowest BCUT2D eigenvalue weighted by molar-refractivity contribution is 0.450. The molecule has 0 aliphatic carbocycles. The van der Waals surface area contributed by atoms with Crippen LogP contribution < -0.4 is 4.74 Å². The predicted molar refractivity (Wildman–Crippen MR) is 60.9 cm³/mol. The van der Waals surface area contributed by atoms with Gasteiger partial charge in [0.1, 0.15) is 11.6 Å². The first-order valence-corrected chi connectivity index (χ1v) is 5.37. The fourth-order valence-electron chi connectivity index (χ4n) is 1.15. The molecule has 0 saturated heterocycles. The maximum absolute atomic E-state index is 13.2. The van der Waals surface area contributed by atoms with Crippen molar-refractivity contribution in [1.29, 1.82) is 0 Å². The molecule has 0 aliphatic heterocycles. The lowest BCUT2D eigenvalue weighted by atomic mass is 10.3. The minimum atomic E-state index is -0.377. The molecule has 0 aliphatic rings. The van der Waals surface area contributed by atoms with Gasteiger partial charge in [0.15, 0.2) is 0 Å². The van der Waals surface area contributed by atoms with Gasteiger partial charge in [-0.15, -0.1) is 5.10 Å². The van der Waals surface area contributed by atoms with Crippen molar-refractivity contribution in [2.45, 2.75) is 6.92 Å². The average Bonchev–Trinajstić information content (AvgIpc) is 2.24. The summed E-state index contributed by atoms with van der Waals surface area (Å²) in [5.41, 5.74) is 0.933. The summed E-state index contributed by atoms with van der Waals surface area (Å²) in [4.78, 5) is 0. The number of aromatic nitrogens is 2. The Labute approximate surface area is 100 Å². The maximum atomic E-state index is 13.2. The standard InChI is InChI=1S/C11H8BrFN2O/c1-7-4-11(15-14-6-7)16-8-2-3-9(12)10(13)5-8/h2-6H,1H3. The first kappa shape index (κ1) is 11.0. The SMILES string of the molecule is Cc1cnnc(Oc2ccc(Br)c(F)c2)c1. The summed E-state index contributed by atoms with van der Waals surface area (Å²) >= 11 is 3.07. The Morgan fingerprint density at radius 1 is 1.31 bits per heavy atom. The number of nitrogens with zero attached hydrogens (tertiary/aromatic N) is 2. The Kier molecular flexibility index (Phi) is 3.14. The van der Waals surface area contributed by atoms with E-state index in [4.69, 9.17) is 4.74 Å². The van der Waals surface area contributed by atoms with Gasteiger partial charge >= 0.3 is 0 Å². The molecule has 0 fully saturated rings. The molecule has 3 nitrogen and oxygen atoms in total. The second-order valence-electron chi connectivity index (χ2n) is 3.25. The lowest BCUT2D eigenvalue weighted by Gasteiger charge is -2.04. The van der Waals surface area contributed by atoms with Crippen molar-refractivity contribution < 1.29 is 9.13 Å². The van der Waals surface area contributed by atoms with Gasteiger partial charge in [-0.1, -0.05) is 0 Å². The molecule has 0 saturated carbocycles. The van der Waals surface area contributed by atoms with E-state index in [0.29, 0.717) is 16.1 Å². The van der Waals surface area contributed by atoms with Crippen LogP contribution in [0.4, 0.5) is 4.39 Å². The van der Waals surface area contributed by atoms with E-state index in [-0.39, 0.29) is 5.82 Å². The largest absolute Gasteiger partial charge is 0.437 e. The summed E-state index contributed by atoms with van der Waals surface area (Å²) in [6.45, 7) is 1.88. The summed E-state index contributed by atoms with van der Waals surface area (Å²) in [6, 6.07) is 6.24. The van der Waals surface area contributed by atoms with Crippen LogP contribution in [-0.2, 0) is 0 Å². The number of aryl methyl sites for hydroxylation is 1. The highest BCUT2D eigenvalue weighted by Gasteiger charge is 2.03. The normalized spacial score (nSPS) is 10.2. The van der Waals surface area contributed by atoms with Gasteiger partial charge in [-0.2, -0.15) is 5.10 Å². The molecule has 16 heavy (non-hydrogen) atoms. The first-order chi connectivity index (χ1) is 7.65.